The van der Waals surface area contributed by atoms with E-state index in [0.29, 0.717) is 11.1 Å². The Morgan fingerprint density at radius 2 is 0.921 bits per heavy atom. The first-order valence-corrected chi connectivity index (χ1v) is 15.0. The topological polar surface area (TPSA) is 224 Å². The molecular weight excluding hydrogens is 564 g/mol. The van der Waals surface area contributed by atoms with Crippen LogP contribution < -0.4 is 0 Å². The Labute approximate surface area is 219 Å². The third-order valence-corrected chi connectivity index (χ3v) is 8.81. The molecule has 206 valence electrons. The van der Waals surface area contributed by atoms with Gasteiger partial charge in [-0.3, -0.25) is 13.7 Å². The summed E-state index contributed by atoms with van der Waals surface area (Å²) in [6, 6.07) is 5.10. The molecule has 3 rings (SSSR count). The van der Waals surface area contributed by atoms with Crippen LogP contribution in [0.5, 0.6) is 17.2 Å². The van der Waals surface area contributed by atoms with E-state index in [1.54, 1.807) is 0 Å². The predicted octanol–water partition coefficient (Wildman–Crippen LogP) is 2.65. The van der Waals surface area contributed by atoms with Crippen molar-refractivity contribution in [3.05, 3.63) is 69.3 Å². The van der Waals surface area contributed by atoms with E-state index in [1.807, 2.05) is 0 Å². The van der Waals surface area contributed by atoms with E-state index < -0.39 is 62.3 Å². The van der Waals surface area contributed by atoms with Gasteiger partial charge in [-0.1, -0.05) is 0 Å². The summed E-state index contributed by atoms with van der Waals surface area (Å²) in [5.41, 5.74) is 1.59. The highest BCUT2D eigenvalue weighted by atomic mass is 32.2. The van der Waals surface area contributed by atoms with Crippen LogP contribution in [0.4, 0.5) is 0 Å². The Morgan fingerprint density at radius 1 is 0.553 bits per heavy atom. The average Bonchev–Trinajstić information content (AvgIpc) is 2.73. The SMILES string of the molecule is Cc1cc(O)c(S(=O)(=O)O)cc1Cc1cc(S(=O)(=O)O)c(O)c(Cc2cc(S(=O)(=O)O)c(O)cc2C)c1C. The summed E-state index contributed by atoms with van der Waals surface area (Å²) in [5, 5.41) is 30.6. The molecule has 0 aliphatic rings. The molecule has 38 heavy (non-hydrogen) atoms. The highest BCUT2D eigenvalue weighted by molar-refractivity contribution is 7.86. The van der Waals surface area contributed by atoms with Crippen LogP contribution in [0.25, 0.3) is 0 Å². The van der Waals surface area contributed by atoms with Gasteiger partial charge in [0, 0.05) is 12.0 Å². The predicted molar refractivity (Wildman–Crippen MR) is 134 cm³/mol. The van der Waals surface area contributed by atoms with Gasteiger partial charge in [-0.2, -0.15) is 25.3 Å². The van der Waals surface area contributed by atoms with Gasteiger partial charge in [0.1, 0.15) is 31.9 Å². The number of phenolic OH excluding ortho intramolecular Hbond substituents is 3. The standard InChI is InChI=1S/C23H24O12S3/c1-11-4-18(24)20(36(27,28)29)8-14(11)6-16-10-22(38(33,34)35)23(26)17(13(16)3)7-15-9-21(37(30,31)32)19(25)5-12(15)2/h4-5,8-10,24-26H,6-7H2,1-3H3,(H,27,28,29)(H,30,31,32)(H,33,34,35). The van der Waals surface area contributed by atoms with E-state index in [2.05, 4.69) is 0 Å². The van der Waals surface area contributed by atoms with Crippen LogP contribution in [0.2, 0.25) is 0 Å². The Bertz CT molecular complexity index is 1790. The molecule has 12 nitrogen and oxygen atoms in total. The summed E-state index contributed by atoms with van der Waals surface area (Å²) >= 11 is 0. The number of hydrogen-bond donors (Lipinski definition) is 6. The van der Waals surface area contributed by atoms with Crippen molar-refractivity contribution in [2.45, 2.75) is 48.3 Å². The van der Waals surface area contributed by atoms with Crippen molar-refractivity contribution < 1.29 is 54.2 Å². The summed E-state index contributed by atoms with van der Waals surface area (Å²) in [6.07, 6.45) is -0.464. The summed E-state index contributed by atoms with van der Waals surface area (Å²) in [7, 11) is -14.6. The number of rotatable bonds is 7. The molecule has 15 heteroatoms. The summed E-state index contributed by atoms with van der Waals surface area (Å²) in [6.45, 7) is 4.52. The molecule has 0 heterocycles. The zero-order valence-corrected chi connectivity index (χ0v) is 22.6. The highest BCUT2D eigenvalue weighted by Crippen LogP contribution is 2.37. The number of phenols is 3. The van der Waals surface area contributed by atoms with Crippen molar-refractivity contribution in [2.75, 3.05) is 0 Å². The molecule has 0 saturated heterocycles. The first-order chi connectivity index (χ1) is 17.2. The molecule has 0 aromatic heterocycles. The summed E-state index contributed by atoms with van der Waals surface area (Å²) in [5.74, 6) is -2.25. The fourth-order valence-corrected chi connectivity index (χ4v) is 5.96. The molecule has 3 aromatic carbocycles. The fourth-order valence-electron chi connectivity index (χ4n) is 4.07. The third kappa shape index (κ3) is 5.92. The van der Waals surface area contributed by atoms with Crippen molar-refractivity contribution in [2.24, 2.45) is 0 Å². The van der Waals surface area contributed by atoms with Crippen LogP contribution >= 0.6 is 0 Å². The minimum atomic E-state index is -4.98. The van der Waals surface area contributed by atoms with E-state index in [0.717, 1.165) is 30.3 Å². The number of aromatic hydroxyl groups is 3. The second-order valence-corrected chi connectivity index (χ2v) is 12.9. The lowest BCUT2D eigenvalue weighted by molar-refractivity contribution is 0.437. The number of hydrogen-bond acceptors (Lipinski definition) is 9. The lowest BCUT2D eigenvalue weighted by Gasteiger charge is -2.19. The van der Waals surface area contributed by atoms with Crippen LogP contribution in [0.3, 0.4) is 0 Å². The third-order valence-electron chi connectivity index (χ3n) is 6.18. The Hall–Kier alpha value is -3.21. The van der Waals surface area contributed by atoms with E-state index >= 15 is 0 Å². The zero-order valence-electron chi connectivity index (χ0n) is 20.2. The minimum absolute atomic E-state index is 0.0448. The molecule has 0 bridgehead atoms. The van der Waals surface area contributed by atoms with E-state index in [1.165, 1.54) is 20.8 Å². The second kappa shape index (κ2) is 9.83. The molecule has 0 atom stereocenters. The molecule has 0 aliphatic heterocycles. The number of benzene rings is 3. The van der Waals surface area contributed by atoms with Gasteiger partial charge in [0.05, 0.1) is 0 Å². The molecule has 0 saturated carbocycles. The second-order valence-electron chi connectivity index (χ2n) is 8.76. The van der Waals surface area contributed by atoms with Crippen molar-refractivity contribution in [3.8, 4) is 17.2 Å². The Balaban J connectivity index is 2.27. The van der Waals surface area contributed by atoms with E-state index in [9.17, 15) is 54.2 Å². The molecule has 0 amide bonds. The van der Waals surface area contributed by atoms with Gasteiger partial charge in [-0.25, -0.2) is 0 Å². The number of aryl methyl sites for hydroxylation is 2. The highest BCUT2D eigenvalue weighted by Gasteiger charge is 2.26. The molecule has 3 aromatic rings. The maximum absolute atomic E-state index is 12.1. The molecule has 0 unspecified atom stereocenters. The van der Waals surface area contributed by atoms with Gasteiger partial charge in [0.2, 0.25) is 0 Å². The average molecular weight is 589 g/mol. The minimum Gasteiger partial charge on any atom is -0.506 e. The van der Waals surface area contributed by atoms with Gasteiger partial charge < -0.3 is 15.3 Å². The quantitative estimate of drug-likeness (QED) is 0.219. The molecule has 0 radical (unpaired) electrons. The van der Waals surface area contributed by atoms with Gasteiger partial charge in [-0.15, -0.1) is 0 Å². The largest absolute Gasteiger partial charge is 0.506 e. The molecule has 6 N–H and O–H groups in total. The van der Waals surface area contributed by atoms with Crippen LogP contribution in [-0.2, 0) is 43.2 Å². The van der Waals surface area contributed by atoms with Crippen LogP contribution in [0.1, 0.15) is 38.9 Å². The normalized spacial score (nSPS) is 12.6. The van der Waals surface area contributed by atoms with Crippen molar-refractivity contribution >= 4 is 30.4 Å². The molecule has 0 fully saturated rings. The zero-order chi connectivity index (χ0) is 29.0. The monoisotopic (exact) mass is 588 g/mol. The van der Waals surface area contributed by atoms with Crippen LogP contribution in [-0.4, -0.2) is 54.2 Å². The summed E-state index contributed by atoms with van der Waals surface area (Å²) in [4.78, 5) is -2.45. The lowest BCUT2D eigenvalue weighted by Crippen LogP contribution is -2.08. The summed E-state index contributed by atoms with van der Waals surface area (Å²) < 4.78 is 99.3. The van der Waals surface area contributed by atoms with Crippen molar-refractivity contribution in [3.63, 3.8) is 0 Å². The van der Waals surface area contributed by atoms with Crippen molar-refractivity contribution in [1.82, 2.24) is 0 Å². The lowest BCUT2D eigenvalue weighted by atomic mass is 9.90. The van der Waals surface area contributed by atoms with Gasteiger partial charge in [0.25, 0.3) is 30.4 Å². The van der Waals surface area contributed by atoms with E-state index in [4.69, 9.17) is 0 Å². The molecule has 0 spiro atoms. The van der Waals surface area contributed by atoms with Gasteiger partial charge >= 0.3 is 0 Å². The first-order valence-electron chi connectivity index (χ1n) is 10.6. The Kier molecular flexibility index (Phi) is 7.59. The smallest absolute Gasteiger partial charge is 0.298 e. The van der Waals surface area contributed by atoms with Crippen LogP contribution in [0, 0.1) is 20.8 Å². The van der Waals surface area contributed by atoms with Crippen LogP contribution in [0.15, 0.2) is 45.0 Å². The molecular formula is C23H24O12S3. The maximum Gasteiger partial charge on any atom is 0.298 e. The fraction of sp³-hybridized carbons (Fsp3) is 0.217. The molecule has 0 aliphatic carbocycles. The van der Waals surface area contributed by atoms with Gasteiger partial charge in [-0.05, 0) is 90.9 Å². The van der Waals surface area contributed by atoms with Crippen molar-refractivity contribution in [1.29, 1.82) is 0 Å². The maximum atomic E-state index is 12.1. The van der Waals surface area contributed by atoms with E-state index in [-0.39, 0.29) is 40.7 Å². The Morgan fingerprint density at radius 3 is 1.32 bits per heavy atom. The first kappa shape index (κ1) is 29.3. The van der Waals surface area contributed by atoms with Gasteiger partial charge in [0.15, 0.2) is 0 Å².